The fourth-order valence-electron chi connectivity index (χ4n) is 0.614. The van der Waals surface area contributed by atoms with Gasteiger partial charge in [0, 0.05) is 9.92 Å². The quantitative estimate of drug-likeness (QED) is 0.586. The molecule has 0 saturated heterocycles. The number of rotatable bonds is 1. The molecule has 0 aliphatic rings. The molecule has 6 heteroatoms. The smallest absolute Gasteiger partial charge is 0.560 e. The SMILES string of the molecule is [K+].[NH-]S(=O)(=O)c1ccc(Cl)cc1. The molecule has 0 amide bonds. The number of halogens is 1. The van der Waals surface area contributed by atoms with Crippen molar-refractivity contribution in [1.29, 1.82) is 0 Å². The summed E-state index contributed by atoms with van der Waals surface area (Å²) in [4.78, 5) is -0.0399. The minimum Gasteiger partial charge on any atom is -0.560 e. The molecule has 0 radical (unpaired) electrons. The molecule has 0 unspecified atom stereocenters. The van der Waals surface area contributed by atoms with Crippen LogP contribution in [0.4, 0.5) is 0 Å². The second kappa shape index (κ2) is 5.07. The molecule has 0 fully saturated rings. The molecule has 0 aliphatic carbocycles. The predicted octanol–water partition coefficient (Wildman–Crippen LogP) is -0.915. The molecule has 0 atom stereocenters. The number of hydrogen-bond acceptors (Lipinski definition) is 2. The Morgan fingerprint density at radius 3 is 1.92 bits per heavy atom. The zero-order chi connectivity index (χ0) is 8.48. The van der Waals surface area contributed by atoms with Crippen LogP contribution in [-0.2, 0) is 10.0 Å². The second-order valence-electron chi connectivity index (χ2n) is 1.96. The van der Waals surface area contributed by atoms with Crippen LogP contribution in [0.1, 0.15) is 0 Å². The zero-order valence-corrected chi connectivity index (χ0v) is 11.1. The maximum atomic E-state index is 10.6. The molecule has 1 aromatic carbocycles. The van der Waals surface area contributed by atoms with Gasteiger partial charge in [-0.1, -0.05) is 11.6 Å². The largest absolute Gasteiger partial charge is 1.00 e. The molecule has 0 heterocycles. The van der Waals surface area contributed by atoms with Gasteiger partial charge in [0.15, 0.2) is 0 Å². The van der Waals surface area contributed by atoms with E-state index in [-0.39, 0.29) is 56.3 Å². The summed E-state index contributed by atoms with van der Waals surface area (Å²) in [6.07, 6.45) is 0. The maximum Gasteiger partial charge on any atom is 1.00 e. The van der Waals surface area contributed by atoms with Crippen LogP contribution in [-0.4, -0.2) is 8.42 Å². The van der Waals surface area contributed by atoms with Gasteiger partial charge in [0.25, 0.3) is 0 Å². The number of nitrogens with one attached hydrogen (secondary N) is 1. The summed E-state index contributed by atoms with van der Waals surface area (Å²) in [6, 6.07) is 5.46. The van der Waals surface area contributed by atoms with E-state index in [9.17, 15) is 8.42 Å². The average Bonchev–Trinajstić information content (AvgIpc) is 1.86. The third-order valence-electron chi connectivity index (χ3n) is 1.12. The maximum absolute atomic E-state index is 10.6. The second-order valence-corrected chi connectivity index (χ2v) is 3.87. The van der Waals surface area contributed by atoms with Gasteiger partial charge in [-0.25, -0.2) is 8.42 Å². The van der Waals surface area contributed by atoms with E-state index in [1.165, 1.54) is 24.3 Å². The molecule has 3 nitrogen and oxygen atoms in total. The summed E-state index contributed by atoms with van der Waals surface area (Å²) in [7, 11) is -3.83. The molecule has 1 N–H and O–H groups in total. The molecule has 0 saturated carbocycles. The van der Waals surface area contributed by atoms with Crippen LogP contribution in [0.5, 0.6) is 0 Å². The molecule has 60 valence electrons. The van der Waals surface area contributed by atoms with Gasteiger partial charge in [-0.15, -0.1) is 0 Å². The van der Waals surface area contributed by atoms with Crippen molar-refractivity contribution in [2.45, 2.75) is 4.90 Å². The van der Waals surface area contributed by atoms with E-state index >= 15 is 0 Å². The van der Waals surface area contributed by atoms with Gasteiger partial charge in [0.1, 0.15) is 0 Å². The minimum absolute atomic E-state index is 0. The Labute approximate surface area is 119 Å². The first-order valence-electron chi connectivity index (χ1n) is 2.75. The summed E-state index contributed by atoms with van der Waals surface area (Å²) in [6.45, 7) is 0. The fourth-order valence-corrected chi connectivity index (χ4v) is 1.23. The topological polar surface area (TPSA) is 57.9 Å². The van der Waals surface area contributed by atoms with Crippen LogP contribution in [0.2, 0.25) is 5.02 Å². The Morgan fingerprint density at radius 1 is 1.17 bits per heavy atom. The van der Waals surface area contributed by atoms with Crippen LogP contribution >= 0.6 is 11.6 Å². The molecule has 0 aromatic heterocycles. The van der Waals surface area contributed by atoms with E-state index in [0.29, 0.717) is 5.02 Å². The van der Waals surface area contributed by atoms with Crippen molar-refractivity contribution in [2.75, 3.05) is 0 Å². The molecule has 1 rings (SSSR count). The third-order valence-corrected chi connectivity index (χ3v) is 2.27. The van der Waals surface area contributed by atoms with Gasteiger partial charge in [-0.2, -0.15) is 0 Å². The standard InChI is InChI=1S/C6H5ClNO2S.K/c7-5-1-3-6(4-2-5)11(8,9)10;/h1-4H,(H-,8,9,10);/q-1;+1. The summed E-state index contributed by atoms with van der Waals surface area (Å²) in [5.74, 6) is 0. The van der Waals surface area contributed by atoms with Gasteiger partial charge >= 0.3 is 51.4 Å². The summed E-state index contributed by atoms with van der Waals surface area (Å²) in [5.41, 5.74) is 0. The number of sulfonamides is 1. The van der Waals surface area contributed by atoms with Crippen molar-refractivity contribution in [3.8, 4) is 0 Å². The number of benzene rings is 1. The summed E-state index contributed by atoms with van der Waals surface area (Å²) < 4.78 is 21.1. The van der Waals surface area contributed by atoms with E-state index in [4.69, 9.17) is 16.7 Å². The Morgan fingerprint density at radius 2 is 1.58 bits per heavy atom. The van der Waals surface area contributed by atoms with Crippen molar-refractivity contribution in [3.05, 3.63) is 34.4 Å². The van der Waals surface area contributed by atoms with Crippen LogP contribution in [0.15, 0.2) is 29.2 Å². The van der Waals surface area contributed by atoms with Crippen molar-refractivity contribution in [3.63, 3.8) is 0 Å². The molecule has 12 heavy (non-hydrogen) atoms. The van der Waals surface area contributed by atoms with E-state index in [0.717, 1.165) is 0 Å². The van der Waals surface area contributed by atoms with Crippen molar-refractivity contribution >= 4 is 21.6 Å². The first-order chi connectivity index (χ1) is 5.00. The van der Waals surface area contributed by atoms with E-state index < -0.39 is 10.0 Å². The Balaban J connectivity index is 0.00000121. The normalized spacial score (nSPS) is 10.5. The first-order valence-corrected chi connectivity index (χ1v) is 4.61. The zero-order valence-electron chi connectivity index (χ0n) is 6.41. The third kappa shape index (κ3) is 3.84. The Bertz CT molecular complexity index is 348. The molecule has 0 aliphatic heterocycles. The molecule has 1 aromatic rings. The minimum atomic E-state index is -3.83. The van der Waals surface area contributed by atoms with Crippen molar-refractivity contribution in [1.82, 2.24) is 0 Å². The summed E-state index contributed by atoms with van der Waals surface area (Å²) >= 11 is 5.51. The van der Waals surface area contributed by atoms with Gasteiger partial charge < -0.3 is 5.14 Å². The first kappa shape index (κ1) is 13.1. The Kier molecular flexibility index (Phi) is 5.51. The average molecular weight is 230 g/mol. The van der Waals surface area contributed by atoms with Gasteiger partial charge in [-0.3, -0.25) is 0 Å². The van der Waals surface area contributed by atoms with Gasteiger partial charge in [0.2, 0.25) is 0 Å². The van der Waals surface area contributed by atoms with Crippen LogP contribution in [0.3, 0.4) is 0 Å². The van der Waals surface area contributed by atoms with Crippen LogP contribution in [0, 0.1) is 0 Å². The monoisotopic (exact) mass is 229 g/mol. The van der Waals surface area contributed by atoms with Crippen molar-refractivity contribution in [2.24, 2.45) is 0 Å². The molecule has 0 spiro atoms. The predicted molar refractivity (Wildman–Crippen MR) is 43.0 cm³/mol. The van der Waals surface area contributed by atoms with Crippen molar-refractivity contribution < 1.29 is 59.8 Å². The van der Waals surface area contributed by atoms with Crippen LogP contribution in [0.25, 0.3) is 5.14 Å². The van der Waals surface area contributed by atoms with E-state index in [1.54, 1.807) is 0 Å². The number of hydrogen-bond donors (Lipinski definition) is 0. The summed E-state index contributed by atoms with van der Waals surface area (Å²) in [5, 5.41) is 7.13. The van der Waals surface area contributed by atoms with E-state index in [1.807, 2.05) is 0 Å². The Hall–Kier alpha value is 1.06. The fraction of sp³-hybridized carbons (Fsp3) is 0. The van der Waals surface area contributed by atoms with E-state index in [2.05, 4.69) is 0 Å². The van der Waals surface area contributed by atoms with Gasteiger partial charge in [0.05, 0.1) is 10.0 Å². The molecular formula is C6H5ClKNO2S. The van der Waals surface area contributed by atoms with Gasteiger partial charge in [-0.05, 0) is 24.3 Å². The molecular weight excluding hydrogens is 225 g/mol. The van der Waals surface area contributed by atoms with Crippen LogP contribution < -0.4 is 51.4 Å². The molecule has 0 bridgehead atoms.